The van der Waals surface area contributed by atoms with Crippen molar-refractivity contribution in [1.29, 1.82) is 0 Å². The third-order valence-electron chi connectivity index (χ3n) is 7.12. The van der Waals surface area contributed by atoms with Gasteiger partial charge in [-0.2, -0.15) is 5.10 Å². The number of fused-ring (bicyclic) bond motifs is 2. The smallest absolute Gasteiger partial charge is 0.190 e. The van der Waals surface area contributed by atoms with Crippen molar-refractivity contribution < 1.29 is 13.5 Å². The Morgan fingerprint density at radius 1 is 1.03 bits per heavy atom. The molecule has 0 radical (unpaired) electrons. The third kappa shape index (κ3) is 4.65. The highest BCUT2D eigenvalue weighted by atomic mass is 19.1. The lowest BCUT2D eigenvalue weighted by molar-refractivity contribution is -0.00882. The fraction of sp³-hybridized carbons (Fsp3) is 0.333. The molecule has 3 aliphatic heterocycles. The Kier molecular flexibility index (Phi) is 6.15. The molecule has 2 bridgehead atoms. The number of piperidine rings is 1. The number of methoxy groups -OCH3 is 1. The highest BCUT2D eigenvalue weighted by molar-refractivity contribution is 5.61. The highest BCUT2D eigenvalue weighted by Crippen LogP contribution is 2.36. The average Bonchev–Trinajstić information content (AvgIpc) is 3.31. The highest BCUT2D eigenvalue weighted by Gasteiger charge is 2.44. The number of aromatic nitrogens is 5. The molecular weight excluding hydrogens is 490 g/mol. The van der Waals surface area contributed by atoms with E-state index in [0.717, 1.165) is 42.3 Å². The van der Waals surface area contributed by atoms with Crippen LogP contribution in [0.5, 0.6) is 5.75 Å². The van der Waals surface area contributed by atoms with Gasteiger partial charge in [-0.3, -0.25) is 10.00 Å². The van der Waals surface area contributed by atoms with Gasteiger partial charge in [0.1, 0.15) is 11.6 Å². The summed E-state index contributed by atoms with van der Waals surface area (Å²) in [6.45, 7) is 5.99. The van der Waals surface area contributed by atoms with Crippen LogP contribution in [0.3, 0.4) is 0 Å². The summed E-state index contributed by atoms with van der Waals surface area (Å²) in [7, 11) is 1.27. The first-order chi connectivity index (χ1) is 18.4. The molecule has 38 heavy (non-hydrogen) atoms. The number of H-pyrrole nitrogens is 1. The van der Waals surface area contributed by atoms with Gasteiger partial charge in [0.05, 0.1) is 7.11 Å². The molecule has 2 atom stereocenters. The van der Waals surface area contributed by atoms with Gasteiger partial charge in [-0.05, 0) is 50.1 Å². The molecule has 0 spiro atoms. The van der Waals surface area contributed by atoms with Crippen LogP contribution in [-0.4, -0.2) is 62.3 Å². The van der Waals surface area contributed by atoms with Crippen molar-refractivity contribution in [2.24, 2.45) is 0 Å². The van der Waals surface area contributed by atoms with Crippen molar-refractivity contribution in [2.75, 3.05) is 30.4 Å². The van der Waals surface area contributed by atoms with Crippen LogP contribution >= 0.6 is 0 Å². The van der Waals surface area contributed by atoms with Gasteiger partial charge in [0.2, 0.25) is 0 Å². The van der Waals surface area contributed by atoms with Crippen molar-refractivity contribution in [3.8, 4) is 17.1 Å². The van der Waals surface area contributed by atoms with E-state index in [4.69, 9.17) is 9.72 Å². The Hall–Kier alpha value is -4.12. The van der Waals surface area contributed by atoms with Crippen molar-refractivity contribution in [3.05, 3.63) is 71.2 Å². The Bertz CT molecular complexity index is 1440. The van der Waals surface area contributed by atoms with Crippen LogP contribution in [-0.2, 0) is 6.54 Å². The van der Waals surface area contributed by atoms with Gasteiger partial charge in [-0.25, -0.2) is 23.7 Å². The lowest BCUT2D eigenvalue weighted by atomic mass is 9.86. The number of nitrogens with zero attached hydrogens (tertiary/aromatic N) is 6. The molecule has 6 heterocycles. The SMILES string of the molecule is COc1c(F)cc(CN2C3CC2CN(c2ccc(-c4nc(C)cc(Nc5cc(C)[nH]n5)n4)cn2)C3)cc1F. The van der Waals surface area contributed by atoms with E-state index in [1.165, 1.54) is 19.2 Å². The van der Waals surface area contributed by atoms with E-state index in [1.807, 2.05) is 38.1 Å². The molecule has 4 aromatic rings. The maximum absolute atomic E-state index is 14.1. The lowest BCUT2D eigenvalue weighted by Crippen LogP contribution is -2.68. The molecule has 2 N–H and O–H groups in total. The van der Waals surface area contributed by atoms with E-state index in [1.54, 1.807) is 6.20 Å². The Morgan fingerprint density at radius 3 is 2.42 bits per heavy atom. The number of nitrogens with one attached hydrogen (secondary N) is 2. The molecule has 7 rings (SSSR count). The van der Waals surface area contributed by atoms with E-state index < -0.39 is 11.6 Å². The van der Waals surface area contributed by atoms with Crippen molar-refractivity contribution in [1.82, 2.24) is 30.0 Å². The molecule has 3 aromatic heterocycles. The number of aryl methyl sites for hydroxylation is 2. The largest absolute Gasteiger partial charge is 0.491 e. The second kappa shape index (κ2) is 9.64. The zero-order valence-electron chi connectivity index (χ0n) is 21.4. The predicted molar refractivity (Wildman–Crippen MR) is 139 cm³/mol. The van der Waals surface area contributed by atoms with Gasteiger partial charge >= 0.3 is 0 Å². The van der Waals surface area contributed by atoms with Gasteiger partial charge in [0.25, 0.3) is 0 Å². The van der Waals surface area contributed by atoms with Gasteiger partial charge < -0.3 is 15.0 Å². The number of anilines is 3. The molecule has 1 aromatic carbocycles. The van der Waals surface area contributed by atoms with Crippen molar-refractivity contribution >= 4 is 17.5 Å². The lowest BCUT2D eigenvalue weighted by Gasteiger charge is -2.56. The fourth-order valence-electron chi connectivity index (χ4n) is 5.32. The monoisotopic (exact) mass is 518 g/mol. The summed E-state index contributed by atoms with van der Waals surface area (Å²) < 4.78 is 33.1. The first-order valence-corrected chi connectivity index (χ1v) is 12.5. The topological polar surface area (TPSA) is 95.1 Å². The van der Waals surface area contributed by atoms with Crippen LogP contribution in [0.4, 0.5) is 26.2 Å². The van der Waals surface area contributed by atoms with Crippen LogP contribution in [0, 0.1) is 25.5 Å². The van der Waals surface area contributed by atoms with Crippen LogP contribution in [0.25, 0.3) is 11.4 Å². The number of benzene rings is 1. The molecule has 11 heteroatoms. The summed E-state index contributed by atoms with van der Waals surface area (Å²) in [5.74, 6) is 1.16. The number of halogens is 2. The zero-order chi connectivity index (χ0) is 26.4. The molecule has 3 saturated heterocycles. The predicted octanol–water partition coefficient (Wildman–Crippen LogP) is 4.37. The molecule has 0 amide bonds. The van der Waals surface area contributed by atoms with E-state index in [-0.39, 0.29) is 5.75 Å². The summed E-state index contributed by atoms with van der Waals surface area (Å²) >= 11 is 0. The number of rotatable bonds is 7. The number of pyridine rings is 1. The van der Waals surface area contributed by atoms with E-state index in [2.05, 4.69) is 35.3 Å². The van der Waals surface area contributed by atoms with Gasteiger partial charge in [0, 0.05) is 67.0 Å². The number of aromatic amines is 1. The fourth-order valence-corrected chi connectivity index (χ4v) is 5.32. The Balaban J connectivity index is 1.12. The second-order valence-corrected chi connectivity index (χ2v) is 9.90. The summed E-state index contributed by atoms with van der Waals surface area (Å²) in [4.78, 5) is 18.5. The number of piperazine rings is 1. The number of hydrogen-bond acceptors (Lipinski definition) is 8. The van der Waals surface area contributed by atoms with E-state index in [9.17, 15) is 8.78 Å². The molecular formula is C27H28F2N8O. The van der Waals surface area contributed by atoms with E-state index >= 15 is 0 Å². The number of hydrogen-bond donors (Lipinski definition) is 2. The summed E-state index contributed by atoms with van der Waals surface area (Å²) in [6, 6.07) is 11.1. The van der Waals surface area contributed by atoms with Crippen LogP contribution in [0.15, 0.2) is 42.6 Å². The standard InChI is InChI=1S/C27H28F2N8O/c1-15-6-23(32-24-7-16(2)34-35-24)33-27(31-15)18-4-5-25(30-11-18)36-13-19-10-20(14-36)37(19)12-17-8-21(28)26(38-3)22(29)9-17/h4-9,11,19-20H,10,12-14H2,1-3H3,(H2,31,32,33,34,35). The third-order valence-corrected chi connectivity index (χ3v) is 7.12. The maximum atomic E-state index is 14.1. The minimum atomic E-state index is -0.671. The van der Waals surface area contributed by atoms with Crippen LogP contribution in [0.2, 0.25) is 0 Å². The molecule has 196 valence electrons. The molecule has 3 fully saturated rings. The summed E-state index contributed by atoms with van der Waals surface area (Å²) in [5, 5.41) is 10.3. The quantitative estimate of drug-likeness (QED) is 0.373. The van der Waals surface area contributed by atoms with E-state index in [0.29, 0.717) is 41.7 Å². The second-order valence-electron chi connectivity index (χ2n) is 9.90. The normalized spacial score (nSPS) is 18.8. The first-order valence-electron chi connectivity index (χ1n) is 12.5. The Labute approximate surface area is 218 Å². The minimum Gasteiger partial charge on any atom is -0.491 e. The zero-order valence-corrected chi connectivity index (χ0v) is 21.4. The average molecular weight is 519 g/mol. The molecule has 2 unspecified atom stereocenters. The van der Waals surface area contributed by atoms with Crippen molar-refractivity contribution in [2.45, 2.75) is 38.9 Å². The molecule has 9 nitrogen and oxygen atoms in total. The molecule has 0 saturated carbocycles. The molecule has 0 aliphatic carbocycles. The first kappa shape index (κ1) is 24.2. The van der Waals surface area contributed by atoms with Crippen LogP contribution < -0.4 is 15.0 Å². The summed E-state index contributed by atoms with van der Waals surface area (Å²) in [5.41, 5.74) is 3.23. The maximum Gasteiger partial charge on any atom is 0.190 e. The molecule has 3 aliphatic rings. The van der Waals surface area contributed by atoms with Gasteiger partial charge in [-0.15, -0.1) is 0 Å². The Morgan fingerprint density at radius 2 is 1.79 bits per heavy atom. The number of ether oxygens (including phenoxy) is 1. The van der Waals surface area contributed by atoms with Gasteiger partial charge in [-0.1, -0.05) is 0 Å². The summed E-state index contributed by atoms with van der Waals surface area (Å²) in [6.07, 6.45) is 2.87. The van der Waals surface area contributed by atoms with Gasteiger partial charge in [0.15, 0.2) is 29.0 Å². The van der Waals surface area contributed by atoms with Crippen LogP contribution in [0.1, 0.15) is 23.4 Å². The minimum absolute atomic E-state index is 0.308. The van der Waals surface area contributed by atoms with Crippen molar-refractivity contribution in [3.63, 3.8) is 0 Å².